The van der Waals surface area contributed by atoms with Crippen LogP contribution in [0.3, 0.4) is 0 Å². The fourth-order valence-corrected chi connectivity index (χ4v) is 3.73. The molecule has 2 aromatic carbocycles. The Bertz CT molecular complexity index is 1030. The first-order chi connectivity index (χ1) is 13.2. The third-order valence-electron chi connectivity index (χ3n) is 4.01. The summed E-state index contributed by atoms with van der Waals surface area (Å²) in [5.41, 5.74) is 3.19. The molecule has 0 fully saturated rings. The molecule has 0 N–H and O–H groups in total. The Morgan fingerprint density at radius 1 is 1.07 bits per heavy atom. The lowest BCUT2D eigenvalue weighted by Gasteiger charge is -2.11. The van der Waals surface area contributed by atoms with Crippen LogP contribution >= 0.6 is 23.4 Å². The van der Waals surface area contributed by atoms with Crippen molar-refractivity contribution in [2.24, 2.45) is 0 Å². The first-order valence-corrected chi connectivity index (χ1v) is 9.81. The van der Waals surface area contributed by atoms with Crippen molar-refractivity contribution in [3.63, 3.8) is 0 Å². The molecule has 27 heavy (non-hydrogen) atoms. The molecular formula is C19H17ClN6S. The fourth-order valence-electron chi connectivity index (χ4n) is 2.73. The van der Waals surface area contributed by atoms with Crippen molar-refractivity contribution in [2.75, 3.05) is 5.75 Å². The van der Waals surface area contributed by atoms with Crippen LogP contribution in [0.4, 0.5) is 0 Å². The predicted octanol–water partition coefficient (Wildman–Crippen LogP) is 4.28. The first-order valence-electron chi connectivity index (χ1n) is 8.44. The summed E-state index contributed by atoms with van der Waals surface area (Å²) in [6.45, 7) is 2.83. The summed E-state index contributed by atoms with van der Waals surface area (Å²) < 4.78 is 3.89. The van der Waals surface area contributed by atoms with E-state index in [1.54, 1.807) is 29.1 Å². The number of thioether (sulfide) groups is 1. The molecule has 2 heterocycles. The number of rotatable bonds is 6. The molecular weight excluding hydrogens is 380 g/mol. The predicted molar refractivity (Wildman–Crippen MR) is 107 cm³/mol. The molecule has 6 nitrogen and oxygen atoms in total. The molecule has 0 radical (unpaired) electrons. The van der Waals surface area contributed by atoms with E-state index in [4.69, 9.17) is 11.6 Å². The van der Waals surface area contributed by atoms with E-state index in [2.05, 4.69) is 50.0 Å². The van der Waals surface area contributed by atoms with E-state index in [1.807, 2.05) is 30.3 Å². The largest absolute Gasteiger partial charge is 0.270 e. The lowest BCUT2D eigenvalue weighted by molar-refractivity contribution is 0.663. The maximum Gasteiger partial charge on any atom is 0.196 e. The van der Waals surface area contributed by atoms with Gasteiger partial charge in [0.1, 0.15) is 12.7 Å². The zero-order valence-electron chi connectivity index (χ0n) is 14.7. The summed E-state index contributed by atoms with van der Waals surface area (Å²) in [6.07, 6.45) is 3.25. The van der Waals surface area contributed by atoms with Crippen LogP contribution in [0.25, 0.3) is 17.1 Å². The van der Waals surface area contributed by atoms with Gasteiger partial charge in [-0.3, -0.25) is 9.25 Å². The average Bonchev–Trinajstić information content (AvgIpc) is 3.32. The van der Waals surface area contributed by atoms with Crippen molar-refractivity contribution < 1.29 is 0 Å². The summed E-state index contributed by atoms with van der Waals surface area (Å²) in [4.78, 5) is 3.97. The first kappa shape index (κ1) is 17.8. The molecule has 0 atom stereocenters. The van der Waals surface area contributed by atoms with E-state index in [1.165, 1.54) is 5.56 Å². The van der Waals surface area contributed by atoms with Gasteiger partial charge >= 0.3 is 0 Å². The van der Waals surface area contributed by atoms with Crippen LogP contribution in [0.5, 0.6) is 0 Å². The minimum Gasteiger partial charge on any atom is -0.270 e. The number of aryl methyl sites for hydroxylation is 2. The second-order valence-electron chi connectivity index (χ2n) is 5.99. The number of hydrogen-bond donors (Lipinski definition) is 0. The van der Waals surface area contributed by atoms with Crippen LogP contribution in [0.2, 0.25) is 5.02 Å². The van der Waals surface area contributed by atoms with Gasteiger partial charge in [0.2, 0.25) is 0 Å². The van der Waals surface area contributed by atoms with Crippen molar-refractivity contribution in [2.45, 2.75) is 18.6 Å². The van der Waals surface area contributed by atoms with E-state index >= 15 is 0 Å². The smallest absolute Gasteiger partial charge is 0.196 e. The Balaban J connectivity index is 1.69. The van der Waals surface area contributed by atoms with Gasteiger partial charge in [0.15, 0.2) is 11.0 Å². The Labute approximate surface area is 166 Å². The van der Waals surface area contributed by atoms with Crippen molar-refractivity contribution >= 4 is 23.4 Å². The van der Waals surface area contributed by atoms with E-state index < -0.39 is 0 Å². The van der Waals surface area contributed by atoms with Gasteiger partial charge in [0.25, 0.3) is 0 Å². The van der Waals surface area contributed by atoms with Gasteiger partial charge in [-0.25, -0.2) is 4.98 Å². The molecule has 2 aromatic heterocycles. The number of halogens is 1. The molecule has 4 aromatic rings. The minimum atomic E-state index is 0.697. The number of aromatic nitrogens is 6. The molecule has 0 aliphatic carbocycles. The fraction of sp³-hybridized carbons (Fsp3) is 0.158. The third-order valence-corrected chi connectivity index (χ3v) is 5.17. The third kappa shape index (κ3) is 4.04. The number of nitrogens with zero attached hydrogens (tertiary/aromatic N) is 6. The van der Waals surface area contributed by atoms with E-state index in [-0.39, 0.29) is 0 Å². The molecule has 4 rings (SSSR count). The summed E-state index contributed by atoms with van der Waals surface area (Å²) in [6, 6.07) is 16.0. The maximum atomic E-state index is 6.04. The molecule has 0 amide bonds. The highest BCUT2D eigenvalue weighted by Crippen LogP contribution is 2.29. The molecule has 136 valence electrons. The van der Waals surface area contributed by atoms with Crippen LogP contribution in [0.1, 0.15) is 5.56 Å². The molecule has 0 bridgehead atoms. The highest BCUT2D eigenvalue weighted by atomic mass is 35.5. The topological polar surface area (TPSA) is 61.4 Å². The monoisotopic (exact) mass is 396 g/mol. The molecule has 0 spiro atoms. The zero-order chi connectivity index (χ0) is 18.6. The van der Waals surface area contributed by atoms with Crippen molar-refractivity contribution in [1.82, 2.24) is 29.5 Å². The van der Waals surface area contributed by atoms with Gasteiger partial charge in [-0.1, -0.05) is 35.5 Å². The van der Waals surface area contributed by atoms with Crippen molar-refractivity contribution in [1.29, 1.82) is 0 Å². The maximum absolute atomic E-state index is 6.04. The summed E-state index contributed by atoms with van der Waals surface area (Å²) >= 11 is 7.68. The van der Waals surface area contributed by atoms with Gasteiger partial charge in [0, 0.05) is 22.0 Å². The van der Waals surface area contributed by atoms with Crippen LogP contribution in [0, 0.1) is 6.92 Å². The highest BCUT2D eigenvalue weighted by Gasteiger charge is 2.16. The standard InChI is InChI=1S/C19H17ClN6S/c1-14-3-2-4-17(11-14)26-18(15-5-7-16(20)8-6-15)23-24-19(26)27-10-9-25-13-21-12-22-25/h2-8,11-13H,9-10H2,1H3. The molecule has 0 saturated heterocycles. The summed E-state index contributed by atoms with van der Waals surface area (Å²) in [5, 5.41) is 14.6. The Morgan fingerprint density at radius 3 is 2.67 bits per heavy atom. The number of benzene rings is 2. The second kappa shape index (κ2) is 7.94. The Kier molecular flexibility index (Phi) is 5.22. The average molecular weight is 397 g/mol. The van der Waals surface area contributed by atoms with E-state index in [9.17, 15) is 0 Å². The van der Waals surface area contributed by atoms with Gasteiger partial charge in [0.05, 0.1) is 6.54 Å². The highest BCUT2D eigenvalue weighted by molar-refractivity contribution is 7.99. The molecule has 0 saturated carbocycles. The lowest BCUT2D eigenvalue weighted by Crippen LogP contribution is -2.03. The summed E-state index contributed by atoms with van der Waals surface area (Å²) in [5.74, 6) is 1.61. The van der Waals surface area contributed by atoms with Gasteiger partial charge in [-0.2, -0.15) is 5.10 Å². The zero-order valence-corrected chi connectivity index (χ0v) is 16.2. The molecule has 0 aliphatic heterocycles. The van der Waals surface area contributed by atoms with E-state index in [0.717, 1.165) is 34.5 Å². The number of hydrogen-bond acceptors (Lipinski definition) is 5. The Morgan fingerprint density at radius 2 is 1.93 bits per heavy atom. The van der Waals surface area contributed by atoms with Crippen molar-refractivity contribution in [3.8, 4) is 17.1 Å². The van der Waals surface area contributed by atoms with E-state index in [0.29, 0.717) is 5.02 Å². The quantitative estimate of drug-likeness (QED) is 0.455. The molecule has 8 heteroatoms. The van der Waals surface area contributed by atoms with Gasteiger partial charge in [-0.05, 0) is 48.9 Å². The van der Waals surface area contributed by atoms with Crippen LogP contribution in [-0.2, 0) is 6.54 Å². The SMILES string of the molecule is Cc1cccc(-n2c(SCCn3cncn3)nnc2-c2ccc(Cl)cc2)c1. The van der Waals surface area contributed by atoms with Crippen LogP contribution < -0.4 is 0 Å². The van der Waals surface area contributed by atoms with Crippen molar-refractivity contribution in [3.05, 3.63) is 71.8 Å². The molecule has 0 unspecified atom stereocenters. The normalized spacial score (nSPS) is 11.0. The van der Waals surface area contributed by atoms with Crippen LogP contribution in [0.15, 0.2) is 66.3 Å². The second-order valence-corrected chi connectivity index (χ2v) is 7.49. The van der Waals surface area contributed by atoms with Gasteiger partial charge < -0.3 is 0 Å². The lowest BCUT2D eigenvalue weighted by atomic mass is 10.2. The molecule has 0 aliphatic rings. The van der Waals surface area contributed by atoms with Gasteiger partial charge in [-0.15, -0.1) is 10.2 Å². The minimum absolute atomic E-state index is 0.697. The summed E-state index contributed by atoms with van der Waals surface area (Å²) in [7, 11) is 0. The van der Waals surface area contributed by atoms with Crippen LogP contribution in [-0.4, -0.2) is 35.3 Å². The Hall–Kier alpha value is -2.64.